The number of aromatic hydroxyl groups is 1. The molecule has 3 rings (SSSR count). The highest BCUT2D eigenvalue weighted by Crippen LogP contribution is 2.44. The molecule has 0 saturated heterocycles. The number of fused-ring (bicyclic) bond motifs is 1. The van der Waals surface area contributed by atoms with E-state index < -0.39 is 17.6 Å². The van der Waals surface area contributed by atoms with Gasteiger partial charge in [-0.1, -0.05) is 12.1 Å². The maximum atomic E-state index is 12.4. The molecule has 0 fully saturated rings. The van der Waals surface area contributed by atoms with Crippen molar-refractivity contribution < 1.29 is 24.1 Å². The first-order chi connectivity index (χ1) is 12.4. The van der Waals surface area contributed by atoms with Crippen molar-refractivity contribution in [1.29, 1.82) is 0 Å². The van der Waals surface area contributed by atoms with Gasteiger partial charge in [0.2, 0.25) is 5.88 Å². The second-order valence-corrected chi connectivity index (χ2v) is 5.83. The minimum atomic E-state index is -1.10. The summed E-state index contributed by atoms with van der Waals surface area (Å²) < 4.78 is 17.1. The Morgan fingerprint density at radius 2 is 2.12 bits per heavy atom. The fraction of sp³-hybridized carbons (Fsp3) is 0.235. The van der Waals surface area contributed by atoms with E-state index in [9.17, 15) is 14.7 Å². The second kappa shape index (κ2) is 6.68. The van der Waals surface area contributed by atoms with E-state index in [1.807, 2.05) is 0 Å². The molecule has 136 valence electrons. The topological polar surface area (TPSA) is 103 Å². The maximum Gasteiger partial charge on any atom is 0.343 e. The minimum Gasteiger partial charge on any atom is -0.494 e. The monoisotopic (exact) mass is 376 g/mol. The molecule has 1 aromatic carbocycles. The van der Waals surface area contributed by atoms with E-state index in [0.717, 1.165) is 0 Å². The molecule has 0 bridgehead atoms. The number of rotatable bonds is 5. The molecule has 0 saturated carbocycles. The number of hydrogen-bond acceptors (Lipinski definition) is 7. The number of benzene rings is 1. The van der Waals surface area contributed by atoms with Crippen LogP contribution < -0.4 is 15.0 Å². The van der Waals surface area contributed by atoms with Crippen molar-refractivity contribution in [3.05, 3.63) is 56.6 Å². The summed E-state index contributed by atoms with van der Waals surface area (Å²) in [6.45, 7) is 3.77. The molecule has 2 aromatic rings. The van der Waals surface area contributed by atoms with Gasteiger partial charge in [-0.25, -0.2) is 4.79 Å². The third-order valence-corrected chi connectivity index (χ3v) is 4.39. The van der Waals surface area contributed by atoms with Crippen LogP contribution in [0.1, 0.15) is 27.6 Å². The number of carbonyl (C=O) groups is 1. The summed E-state index contributed by atoms with van der Waals surface area (Å²) in [6, 6.07) is 3.18. The third kappa shape index (κ3) is 2.57. The van der Waals surface area contributed by atoms with Crippen molar-refractivity contribution in [2.75, 3.05) is 14.2 Å². The number of hydrogen-bond donors (Lipinski definition) is 2. The molecule has 1 atom stereocenters. The summed E-state index contributed by atoms with van der Waals surface area (Å²) in [5, 5.41) is 10.6. The van der Waals surface area contributed by atoms with Gasteiger partial charge in [0.05, 0.1) is 14.2 Å². The number of nitrogens with one attached hydrogen (secondary N) is 1. The lowest BCUT2D eigenvalue weighted by atomic mass is 9.99. The molecule has 2 N–H and O–H groups in total. The second-order valence-electron chi connectivity index (χ2n) is 5.45. The lowest BCUT2D eigenvalue weighted by Crippen LogP contribution is -2.22. The Hall–Kier alpha value is -3.07. The van der Waals surface area contributed by atoms with Crippen LogP contribution in [0.15, 0.2) is 29.6 Å². The number of allylic oxidation sites excluding steroid dienone is 1. The number of nitrogens with zero attached hydrogens (tertiary/aromatic N) is 1. The Morgan fingerprint density at radius 3 is 2.73 bits per heavy atom. The highest BCUT2D eigenvalue weighted by molar-refractivity contribution is 7.71. The van der Waals surface area contributed by atoms with E-state index in [1.54, 1.807) is 12.1 Å². The lowest BCUT2D eigenvalue weighted by molar-refractivity contribution is 0.0446. The van der Waals surface area contributed by atoms with Crippen LogP contribution in [0.2, 0.25) is 0 Å². The van der Waals surface area contributed by atoms with E-state index in [-0.39, 0.29) is 34.1 Å². The quantitative estimate of drug-likeness (QED) is 0.468. The molecule has 2 heterocycles. The van der Waals surface area contributed by atoms with E-state index in [1.165, 1.54) is 24.9 Å². The first-order valence-corrected chi connectivity index (χ1v) is 7.98. The molecule has 0 aliphatic carbocycles. The van der Waals surface area contributed by atoms with Crippen LogP contribution in [0.5, 0.6) is 17.4 Å². The van der Waals surface area contributed by atoms with Gasteiger partial charge in [0.15, 0.2) is 22.4 Å². The Bertz CT molecular complexity index is 1020. The molecule has 9 heteroatoms. The number of carbonyl (C=O) groups excluding carboxylic acids is 1. The SMILES string of the molecule is C=CCn1c(O)c([C@H]2OC(=O)c3c2ccc(OC)c3OC)c(=O)[nH]c1=S. The van der Waals surface area contributed by atoms with E-state index >= 15 is 0 Å². The van der Waals surface area contributed by atoms with Crippen LogP contribution in [-0.2, 0) is 11.3 Å². The smallest absolute Gasteiger partial charge is 0.343 e. The number of H-pyrrole nitrogens is 1. The summed E-state index contributed by atoms with van der Waals surface area (Å²) >= 11 is 5.06. The van der Waals surface area contributed by atoms with Crippen LogP contribution in [0.3, 0.4) is 0 Å². The van der Waals surface area contributed by atoms with Crippen LogP contribution in [0.25, 0.3) is 0 Å². The zero-order valence-corrected chi connectivity index (χ0v) is 14.9. The van der Waals surface area contributed by atoms with Crippen molar-refractivity contribution in [2.45, 2.75) is 12.6 Å². The van der Waals surface area contributed by atoms with Gasteiger partial charge in [-0.2, -0.15) is 0 Å². The normalized spacial score (nSPS) is 15.3. The largest absolute Gasteiger partial charge is 0.494 e. The average Bonchev–Trinajstić information content (AvgIpc) is 2.94. The van der Waals surface area contributed by atoms with Gasteiger partial charge in [0.1, 0.15) is 11.1 Å². The van der Waals surface area contributed by atoms with Crippen molar-refractivity contribution >= 4 is 18.2 Å². The molecule has 0 spiro atoms. The summed E-state index contributed by atoms with van der Waals surface area (Å²) in [5.41, 5.74) is -0.239. The molecule has 0 amide bonds. The average molecular weight is 376 g/mol. The fourth-order valence-electron chi connectivity index (χ4n) is 2.92. The van der Waals surface area contributed by atoms with Crippen LogP contribution in [-0.4, -0.2) is 34.8 Å². The number of ether oxygens (including phenoxy) is 3. The van der Waals surface area contributed by atoms with E-state index in [4.69, 9.17) is 26.4 Å². The number of methoxy groups -OCH3 is 2. The van der Waals surface area contributed by atoms with Gasteiger partial charge < -0.3 is 19.3 Å². The molecule has 1 aliphatic rings. The Morgan fingerprint density at radius 1 is 1.38 bits per heavy atom. The molecular weight excluding hydrogens is 360 g/mol. The van der Waals surface area contributed by atoms with Gasteiger partial charge in [-0.05, 0) is 18.3 Å². The Balaban J connectivity index is 2.26. The summed E-state index contributed by atoms with van der Waals surface area (Å²) in [7, 11) is 2.84. The van der Waals surface area contributed by atoms with Crippen molar-refractivity contribution in [3.63, 3.8) is 0 Å². The van der Waals surface area contributed by atoms with Crippen molar-refractivity contribution in [1.82, 2.24) is 9.55 Å². The maximum absolute atomic E-state index is 12.4. The van der Waals surface area contributed by atoms with E-state index in [2.05, 4.69) is 11.6 Å². The van der Waals surface area contributed by atoms with Gasteiger partial charge >= 0.3 is 5.97 Å². The third-order valence-electron chi connectivity index (χ3n) is 4.07. The molecule has 0 radical (unpaired) electrons. The van der Waals surface area contributed by atoms with E-state index in [0.29, 0.717) is 11.3 Å². The summed E-state index contributed by atoms with van der Waals surface area (Å²) in [6.07, 6.45) is 0.410. The molecule has 1 aromatic heterocycles. The first-order valence-electron chi connectivity index (χ1n) is 7.57. The number of aromatic nitrogens is 2. The number of aromatic amines is 1. The summed E-state index contributed by atoms with van der Waals surface area (Å²) in [5.74, 6) is -0.520. The molecule has 1 aliphatic heterocycles. The highest BCUT2D eigenvalue weighted by Gasteiger charge is 2.40. The van der Waals surface area contributed by atoms with Crippen LogP contribution in [0, 0.1) is 4.77 Å². The Labute approximate surface area is 153 Å². The predicted octanol–water partition coefficient (Wildman–Crippen LogP) is 2.07. The Kier molecular flexibility index (Phi) is 4.56. The fourth-order valence-corrected chi connectivity index (χ4v) is 3.18. The molecule has 26 heavy (non-hydrogen) atoms. The van der Waals surface area contributed by atoms with Gasteiger partial charge in [-0.15, -0.1) is 6.58 Å². The number of cyclic esters (lactones) is 1. The molecular formula is C17H16N2O6S. The lowest BCUT2D eigenvalue weighted by Gasteiger charge is -2.16. The van der Waals surface area contributed by atoms with Crippen LogP contribution >= 0.6 is 12.2 Å². The zero-order valence-electron chi connectivity index (χ0n) is 14.1. The van der Waals surface area contributed by atoms with Crippen molar-refractivity contribution in [2.24, 2.45) is 0 Å². The van der Waals surface area contributed by atoms with Gasteiger partial charge in [-0.3, -0.25) is 14.3 Å². The van der Waals surface area contributed by atoms with Crippen LogP contribution in [0.4, 0.5) is 0 Å². The van der Waals surface area contributed by atoms with Crippen molar-refractivity contribution in [3.8, 4) is 17.4 Å². The molecule has 8 nitrogen and oxygen atoms in total. The minimum absolute atomic E-state index is 0.0352. The standard InChI is InChI=1S/C17H16N2O6S/c1-4-7-19-15(21)11(14(20)18-17(19)26)12-8-5-6-9(23-2)13(24-3)10(8)16(22)25-12/h4-6,12,21H,1,7H2,2-3H3,(H,18,20,26)/t12-/m0/s1. The van der Waals surface area contributed by atoms with Gasteiger partial charge in [0.25, 0.3) is 5.56 Å². The zero-order chi connectivity index (χ0) is 19.0. The summed E-state index contributed by atoms with van der Waals surface area (Å²) in [4.78, 5) is 27.3. The first kappa shape index (κ1) is 17.7. The predicted molar refractivity (Wildman–Crippen MR) is 94.6 cm³/mol. The number of esters is 1. The van der Waals surface area contributed by atoms with Gasteiger partial charge in [0, 0.05) is 12.1 Å². The highest BCUT2D eigenvalue weighted by atomic mass is 32.1. The molecule has 0 unspecified atom stereocenters.